The lowest BCUT2D eigenvalue weighted by atomic mass is 9.81. The van der Waals surface area contributed by atoms with Gasteiger partial charge in [-0.3, -0.25) is 0 Å². The van der Waals surface area contributed by atoms with Crippen molar-refractivity contribution in [3.8, 4) is 0 Å². The van der Waals surface area contributed by atoms with E-state index < -0.39 is 6.10 Å². The number of thiazole rings is 1. The summed E-state index contributed by atoms with van der Waals surface area (Å²) in [7, 11) is 0. The SMILES string of the molecule is CC(C)C(O)C(C)(C)CNC(=O)NCc1csc(C(C)(C)C)n1. The van der Waals surface area contributed by atoms with Crippen LogP contribution < -0.4 is 10.6 Å². The number of rotatable bonds is 6. The van der Waals surface area contributed by atoms with E-state index in [0.29, 0.717) is 13.1 Å². The van der Waals surface area contributed by atoms with Gasteiger partial charge in [-0.1, -0.05) is 48.5 Å². The number of hydrogen-bond acceptors (Lipinski definition) is 4. The fourth-order valence-electron chi connectivity index (χ4n) is 2.28. The number of aromatic nitrogens is 1. The Morgan fingerprint density at radius 1 is 1.26 bits per heavy atom. The summed E-state index contributed by atoms with van der Waals surface area (Å²) in [5.74, 6) is 0.153. The van der Waals surface area contributed by atoms with Gasteiger partial charge < -0.3 is 15.7 Å². The van der Waals surface area contributed by atoms with Crippen LogP contribution in [0.2, 0.25) is 0 Å². The van der Waals surface area contributed by atoms with E-state index in [1.807, 2.05) is 33.1 Å². The van der Waals surface area contributed by atoms with E-state index in [0.717, 1.165) is 10.7 Å². The van der Waals surface area contributed by atoms with Gasteiger partial charge >= 0.3 is 6.03 Å². The number of carbonyl (C=O) groups is 1. The van der Waals surface area contributed by atoms with E-state index in [4.69, 9.17) is 0 Å². The summed E-state index contributed by atoms with van der Waals surface area (Å²) in [6.07, 6.45) is -0.462. The molecule has 0 saturated heterocycles. The molecular weight excluding hydrogens is 310 g/mol. The minimum atomic E-state index is -0.462. The van der Waals surface area contributed by atoms with Crippen molar-refractivity contribution in [2.24, 2.45) is 11.3 Å². The van der Waals surface area contributed by atoms with Crippen LogP contribution in [-0.4, -0.2) is 28.8 Å². The summed E-state index contributed by atoms with van der Waals surface area (Å²) >= 11 is 1.62. The Balaban J connectivity index is 2.45. The zero-order chi connectivity index (χ0) is 17.8. The first kappa shape index (κ1) is 19.9. The Bertz CT molecular complexity index is 518. The van der Waals surface area contributed by atoms with Gasteiger partial charge in [-0.05, 0) is 5.92 Å². The van der Waals surface area contributed by atoms with E-state index in [1.165, 1.54) is 0 Å². The second-order valence-electron chi connectivity index (χ2n) is 8.11. The van der Waals surface area contributed by atoms with Gasteiger partial charge in [0.1, 0.15) is 0 Å². The lowest BCUT2D eigenvalue weighted by molar-refractivity contribution is 0.0151. The highest BCUT2D eigenvalue weighted by Crippen LogP contribution is 2.26. The number of aliphatic hydroxyl groups is 1. The van der Waals surface area contributed by atoms with Crippen LogP contribution in [0.5, 0.6) is 0 Å². The van der Waals surface area contributed by atoms with E-state index in [2.05, 4.69) is 36.4 Å². The number of carbonyl (C=O) groups excluding carboxylic acids is 1. The molecule has 5 nitrogen and oxygen atoms in total. The van der Waals surface area contributed by atoms with Gasteiger partial charge in [0.05, 0.1) is 23.4 Å². The first-order valence-corrected chi connectivity index (χ1v) is 8.96. The molecule has 0 aromatic carbocycles. The number of nitrogens with zero attached hydrogens (tertiary/aromatic N) is 1. The Hall–Kier alpha value is -1.14. The number of amides is 2. The molecule has 0 aliphatic carbocycles. The molecular formula is C17H31N3O2S. The molecule has 1 heterocycles. The third-order valence-corrected chi connectivity index (χ3v) is 5.08. The quantitative estimate of drug-likeness (QED) is 0.743. The lowest BCUT2D eigenvalue weighted by Gasteiger charge is -2.33. The standard InChI is InChI=1S/C17H31N3O2S/c1-11(2)13(21)17(6,7)10-19-15(22)18-8-12-9-23-14(20-12)16(3,4)5/h9,11,13,21H,8,10H2,1-7H3,(H2,18,19,22). The van der Waals surface area contributed by atoms with Gasteiger partial charge in [0, 0.05) is 22.8 Å². The van der Waals surface area contributed by atoms with Crippen molar-refractivity contribution in [2.75, 3.05) is 6.54 Å². The molecule has 0 bridgehead atoms. The summed E-state index contributed by atoms with van der Waals surface area (Å²) in [6.45, 7) is 15.0. The first-order chi connectivity index (χ1) is 10.4. The van der Waals surface area contributed by atoms with E-state index in [1.54, 1.807) is 11.3 Å². The van der Waals surface area contributed by atoms with Crippen LogP contribution >= 0.6 is 11.3 Å². The minimum Gasteiger partial charge on any atom is -0.392 e. The van der Waals surface area contributed by atoms with Crippen LogP contribution in [-0.2, 0) is 12.0 Å². The largest absolute Gasteiger partial charge is 0.392 e. The molecule has 23 heavy (non-hydrogen) atoms. The van der Waals surface area contributed by atoms with Crippen molar-refractivity contribution in [3.05, 3.63) is 16.1 Å². The number of aliphatic hydroxyl groups excluding tert-OH is 1. The van der Waals surface area contributed by atoms with Crippen LogP contribution in [0.15, 0.2) is 5.38 Å². The predicted octanol–water partition coefficient (Wildman–Crippen LogP) is 3.28. The molecule has 0 saturated carbocycles. The molecule has 0 aliphatic heterocycles. The summed E-state index contributed by atoms with van der Waals surface area (Å²) in [6, 6.07) is -0.237. The molecule has 6 heteroatoms. The van der Waals surface area contributed by atoms with Gasteiger partial charge in [-0.2, -0.15) is 0 Å². The third kappa shape index (κ3) is 6.11. The lowest BCUT2D eigenvalue weighted by Crippen LogP contribution is -2.46. The van der Waals surface area contributed by atoms with Crippen LogP contribution in [0.1, 0.15) is 59.2 Å². The Morgan fingerprint density at radius 2 is 1.87 bits per heavy atom. The molecule has 1 aromatic heterocycles. The van der Waals surface area contributed by atoms with Crippen molar-refractivity contribution in [2.45, 2.75) is 66.5 Å². The monoisotopic (exact) mass is 341 g/mol. The molecule has 132 valence electrons. The molecule has 1 atom stereocenters. The number of hydrogen-bond donors (Lipinski definition) is 3. The molecule has 0 fully saturated rings. The zero-order valence-corrected chi connectivity index (χ0v) is 16.2. The smallest absolute Gasteiger partial charge is 0.315 e. The molecule has 3 N–H and O–H groups in total. The van der Waals surface area contributed by atoms with E-state index in [-0.39, 0.29) is 22.8 Å². The minimum absolute atomic E-state index is 0.0299. The highest BCUT2D eigenvalue weighted by Gasteiger charge is 2.30. The highest BCUT2D eigenvalue weighted by atomic mass is 32.1. The van der Waals surface area contributed by atoms with Crippen LogP contribution in [0.4, 0.5) is 4.79 Å². The predicted molar refractivity (Wildman–Crippen MR) is 95.7 cm³/mol. The Morgan fingerprint density at radius 3 is 2.35 bits per heavy atom. The van der Waals surface area contributed by atoms with Crippen molar-refractivity contribution in [1.82, 2.24) is 15.6 Å². The molecule has 0 aliphatic rings. The van der Waals surface area contributed by atoms with Crippen molar-refractivity contribution in [3.63, 3.8) is 0 Å². The fourth-order valence-corrected chi connectivity index (χ4v) is 3.19. The highest BCUT2D eigenvalue weighted by molar-refractivity contribution is 7.09. The Labute approximate surface area is 143 Å². The zero-order valence-electron chi connectivity index (χ0n) is 15.4. The van der Waals surface area contributed by atoms with Gasteiger partial charge in [0.25, 0.3) is 0 Å². The third-order valence-electron chi connectivity index (χ3n) is 3.76. The second-order valence-corrected chi connectivity index (χ2v) is 8.97. The molecule has 1 aromatic rings. The summed E-state index contributed by atoms with van der Waals surface area (Å²) < 4.78 is 0. The van der Waals surface area contributed by atoms with E-state index >= 15 is 0 Å². The normalized spacial score (nSPS) is 14.0. The molecule has 1 rings (SSSR count). The van der Waals surface area contributed by atoms with E-state index in [9.17, 15) is 9.90 Å². The Kier molecular flexibility index (Phi) is 6.59. The van der Waals surface area contributed by atoms with Crippen LogP contribution in [0.25, 0.3) is 0 Å². The van der Waals surface area contributed by atoms with Crippen LogP contribution in [0.3, 0.4) is 0 Å². The number of nitrogens with one attached hydrogen (secondary N) is 2. The van der Waals surface area contributed by atoms with Crippen molar-refractivity contribution in [1.29, 1.82) is 0 Å². The van der Waals surface area contributed by atoms with Crippen LogP contribution in [0, 0.1) is 11.3 Å². The second kappa shape index (κ2) is 7.62. The molecule has 1 unspecified atom stereocenters. The maximum Gasteiger partial charge on any atom is 0.315 e. The van der Waals surface area contributed by atoms with Gasteiger partial charge in [-0.25, -0.2) is 9.78 Å². The van der Waals surface area contributed by atoms with Crippen molar-refractivity contribution >= 4 is 17.4 Å². The summed E-state index contributed by atoms with van der Waals surface area (Å²) in [4.78, 5) is 16.5. The van der Waals surface area contributed by atoms with Gasteiger partial charge in [0.15, 0.2) is 0 Å². The molecule has 2 amide bonds. The maximum absolute atomic E-state index is 11.9. The topological polar surface area (TPSA) is 74.2 Å². The molecule has 0 radical (unpaired) electrons. The maximum atomic E-state index is 11.9. The summed E-state index contributed by atoms with van der Waals surface area (Å²) in [5, 5.41) is 18.9. The summed E-state index contributed by atoms with van der Waals surface area (Å²) in [5.41, 5.74) is 0.532. The average molecular weight is 342 g/mol. The average Bonchev–Trinajstić information content (AvgIpc) is 2.91. The fraction of sp³-hybridized carbons (Fsp3) is 0.765. The van der Waals surface area contributed by atoms with Crippen molar-refractivity contribution < 1.29 is 9.90 Å². The number of urea groups is 1. The van der Waals surface area contributed by atoms with Gasteiger partial charge in [0.2, 0.25) is 0 Å². The van der Waals surface area contributed by atoms with Gasteiger partial charge in [-0.15, -0.1) is 11.3 Å². The molecule has 0 spiro atoms. The first-order valence-electron chi connectivity index (χ1n) is 8.08.